The normalized spacial score (nSPS) is 13.4. The summed E-state index contributed by atoms with van der Waals surface area (Å²) in [6.45, 7) is 3.04. The molecule has 0 saturated carbocycles. The topological polar surface area (TPSA) is 45.2 Å². The fraction of sp³-hybridized carbons (Fsp3) is 0.286. The van der Waals surface area contributed by atoms with Gasteiger partial charge < -0.3 is 10.2 Å². The molecule has 1 aliphatic heterocycles. The summed E-state index contributed by atoms with van der Waals surface area (Å²) in [6, 6.07) is 6.10. The second kappa shape index (κ2) is 5.42. The number of carbonyl (C=O) groups is 1. The average molecular weight is 308 g/mol. The number of nitrogens with zero attached hydrogens (tertiary/aromatic N) is 2. The van der Waals surface area contributed by atoms with E-state index >= 15 is 0 Å². The number of amides is 1. The van der Waals surface area contributed by atoms with Crippen molar-refractivity contribution >= 4 is 40.2 Å². The first-order valence-corrected chi connectivity index (χ1v) is 7.58. The van der Waals surface area contributed by atoms with Crippen LogP contribution in [0.2, 0.25) is 4.34 Å². The zero-order valence-corrected chi connectivity index (χ0v) is 12.6. The van der Waals surface area contributed by atoms with E-state index in [-0.39, 0.29) is 5.91 Å². The molecule has 0 fully saturated rings. The third-order valence-electron chi connectivity index (χ3n) is 3.32. The molecule has 104 valence electrons. The largest absolute Gasteiger partial charge is 0.379 e. The second-order valence-electron chi connectivity index (χ2n) is 4.68. The third kappa shape index (κ3) is 2.64. The Labute approximate surface area is 126 Å². The summed E-state index contributed by atoms with van der Waals surface area (Å²) in [5.74, 6) is 0.0990. The lowest BCUT2D eigenvalue weighted by Gasteiger charge is -2.15. The lowest BCUT2D eigenvalue weighted by molar-refractivity contribution is -0.116. The molecule has 4 nitrogen and oxygen atoms in total. The maximum Gasteiger partial charge on any atom is 0.223 e. The number of rotatable bonds is 3. The molecule has 1 aromatic carbocycles. The van der Waals surface area contributed by atoms with Crippen LogP contribution in [0.15, 0.2) is 24.4 Å². The predicted octanol–water partition coefficient (Wildman–Crippen LogP) is 3.32. The van der Waals surface area contributed by atoms with Gasteiger partial charge in [0.1, 0.15) is 9.34 Å². The van der Waals surface area contributed by atoms with Crippen molar-refractivity contribution in [2.24, 2.45) is 0 Å². The number of benzene rings is 1. The molecule has 0 saturated heterocycles. The first-order valence-electron chi connectivity index (χ1n) is 6.38. The zero-order valence-electron chi connectivity index (χ0n) is 11.0. The van der Waals surface area contributed by atoms with Crippen molar-refractivity contribution in [3.63, 3.8) is 0 Å². The van der Waals surface area contributed by atoms with Crippen LogP contribution in [0.3, 0.4) is 0 Å². The van der Waals surface area contributed by atoms with Gasteiger partial charge in [-0.25, -0.2) is 4.98 Å². The van der Waals surface area contributed by atoms with Crippen LogP contribution >= 0.6 is 22.9 Å². The quantitative estimate of drug-likeness (QED) is 0.946. The fourth-order valence-electron chi connectivity index (χ4n) is 2.39. The number of carbonyl (C=O) groups excluding carboxylic acids is 1. The van der Waals surface area contributed by atoms with E-state index in [1.807, 2.05) is 17.0 Å². The van der Waals surface area contributed by atoms with Crippen LogP contribution in [0.1, 0.15) is 17.5 Å². The van der Waals surface area contributed by atoms with Crippen molar-refractivity contribution < 1.29 is 4.79 Å². The number of nitrogens with one attached hydrogen (secondary N) is 1. The molecule has 0 aliphatic carbocycles. The SMILES string of the molecule is CC(=O)N1CCc2cc(NCc3ncc(Cl)s3)ccc21. The molecule has 20 heavy (non-hydrogen) atoms. The van der Waals surface area contributed by atoms with Gasteiger partial charge in [0.15, 0.2) is 0 Å². The maximum atomic E-state index is 11.5. The van der Waals surface area contributed by atoms with E-state index in [2.05, 4.69) is 16.4 Å². The molecule has 2 heterocycles. The van der Waals surface area contributed by atoms with Crippen LogP contribution in [0.25, 0.3) is 0 Å². The van der Waals surface area contributed by atoms with Gasteiger partial charge in [-0.05, 0) is 30.2 Å². The molecule has 0 spiro atoms. The van der Waals surface area contributed by atoms with E-state index in [1.165, 1.54) is 16.9 Å². The number of hydrogen-bond acceptors (Lipinski definition) is 4. The van der Waals surface area contributed by atoms with Crippen molar-refractivity contribution in [2.75, 3.05) is 16.8 Å². The van der Waals surface area contributed by atoms with Crippen molar-refractivity contribution in [1.29, 1.82) is 0 Å². The third-order valence-corrected chi connectivity index (χ3v) is 4.44. The van der Waals surface area contributed by atoms with Crippen LogP contribution in [-0.2, 0) is 17.8 Å². The molecule has 1 amide bonds. The van der Waals surface area contributed by atoms with Gasteiger partial charge in [-0.3, -0.25) is 4.79 Å². The van der Waals surface area contributed by atoms with Gasteiger partial charge in [0.2, 0.25) is 5.91 Å². The number of fused-ring (bicyclic) bond motifs is 1. The van der Waals surface area contributed by atoms with Gasteiger partial charge >= 0.3 is 0 Å². The second-order valence-corrected chi connectivity index (χ2v) is 6.42. The molecule has 1 aliphatic rings. The van der Waals surface area contributed by atoms with E-state index in [0.29, 0.717) is 10.9 Å². The minimum Gasteiger partial charge on any atom is -0.379 e. The van der Waals surface area contributed by atoms with Gasteiger partial charge in [0.25, 0.3) is 0 Å². The predicted molar refractivity (Wildman–Crippen MR) is 82.6 cm³/mol. The van der Waals surface area contributed by atoms with E-state index in [9.17, 15) is 4.79 Å². The Kier molecular flexibility index (Phi) is 3.63. The summed E-state index contributed by atoms with van der Waals surface area (Å²) < 4.78 is 0.702. The Balaban J connectivity index is 1.72. The summed E-state index contributed by atoms with van der Waals surface area (Å²) in [5.41, 5.74) is 3.28. The molecule has 3 rings (SSSR count). The summed E-state index contributed by atoms with van der Waals surface area (Å²) >= 11 is 7.33. The number of anilines is 2. The first-order chi connectivity index (χ1) is 9.63. The van der Waals surface area contributed by atoms with Gasteiger partial charge in [-0.15, -0.1) is 11.3 Å². The smallest absolute Gasteiger partial charge is 0.223 e. The maximum absolute atomic E-state index is 11.5. The molecule has 0 bridgehead atoms. The molecule has 2 aromatic rings. The molecular formula is C14H14ClN3OS. The van der Waals surface area contributed by atoms with Crippen molar-refractivity contribution in [1.82, 2.24) is 4.98 Å². The fourth-order valence-corrected chi connectivity index (χ4v) is 3.28. The summed E-state index contributed by atoms with van der Waals surface area (Å²) in [6.07, 6.45) is 2.57. The Morgan fingerprint density at radius 3 is 3.10 bits per heavy atom. The molecule has 1 N–H and O–H groups in total. The van der Waals surface area contributed by atoms with Crippen molar-refractivity contribution in [3.8, 4) is 0 Å². The average Bonchev–Trinajstić information content (AvgIpc) is 3.01. The van der Waals surface area contributed by atoms with Crippen molar-refractivity contribution in [3.05, 3.63) is 39.3 Å². The number of halogens is 1. The van der Waals surface area contributed by atoms with E-state index in [4.69, 9.17) is 11.6 Å². The lowest BCUT2D eigenvalue weighted by atomic mass is 10.1. The summed E-state index contributed by atoms with van der Waals surface area (Å²) in [4.78, 5) is 17.5. The monoisotopic (exact) mass is 307 g/mol. The van der Waals surface area contributed by atoms with Crippen LogP contribution in [0.5, 0.6) is 0 Å². The summed E-state index contributed by atoms with van der Waals surface area (Å²) in [5, 5.41) is 4.29. The minimum atomic E-state index is 0.0990. The Morgan fingerprint density at radius 2 is 2.40 bits per heavy atom. The standard InChI is InChI=1S/C14H14ClN3OS/c1-9(19)18-5-4-10-6-11(2-3-12(10)18)16-8-14-17-7-13(15)20-14/h2-3,6-7,16H,4-5,8H2,1H3. The van der Waals surface area contributed by atoms with Gasteiger partial charge in [0.05, 0.1) is 12.7 Å². The Bertz CT molecular complexity index is 656. The highest BCUT2D eigenvalue weighted by atomic mass is 35.5. The molecule has 0 atom stereocenters. The van der Waals surface area contributed by atoms with E-state index in [1.54, 1.807) is 13.1 Å². The molecule has 0 radical (unpaired) electrons. The molecule has 0 unspecified atom stereocenters. The van der Waals surface area contributed by atoms with Gasteiger partial charge in [0, 0.05) is 24.8 Å². The molecular weight excluding hydrogens is 294 g/mol. The van der Waals surface area contributed by atoms with Gasteiger partial charge in [-0.2, -0.15) is 0 Å². The van der Waals surface area contributed by atoms with Crippen LogP contribution < -0.4 is 10.2 Å². The highest BCUT2D eigenvalue weighted by Gasteiger charge is 2.21. The highest BCUT2D eigenvalue weighted by molar-refractivity contribution is 7.15. The van der Waals surface area contributed by atoms with Crippen molar-refractivity contribution in [2.45, 2.75) is 19.9 Å². The Hall–Kier alpha value is -1.59. The van der Waals surface area contributed by atoms with Crippen LogP contribution in [-0.4, -0.2) is 17.4 Å². The molecule has 1 aromatic heterocycles. The molecule has 6 heteroatoms. The van der Waals surface area contributed by atoms with Crippen LogP contribution in [0, 0.1) is 0 Å². The Morgan fingerprint density at radius 1 is 1.55 bits per heavy atom. The number of hydrogen-bond donors (Lipinski definition) is 1. The number of aromatic nitrogens is 1. The van der Waals surface area contributed by atoms with Crippen LogP contribution in [0.4, 0.5) is 11.4 Å². The zero-order chi connectivity index (χ0) is 14.1. The number of thiazole rings is 1. The lowest BCUT2D eigenvalue weighted by Crippen LogP contribution is -2.25. The first kappa shape index (κ1) is 13.4. The minimum absolute atomic E-state index is 0.0990. The van der Waals surface area contributed by atoms with E-state index < -0.39 is 0 Å². The highest BCUT2D eigenvalue weighted by Crippen LogP contribution is 2.30. The van der Waals surface area contributed by atoms with E-state index in [0.717, 1.165) is 29.3 Å². The van der Waals surface area contributed by atoms with Gasteiger partial charge in [-0.1, -0.05) is 11.6 Å². The summed E-state index contributed by atoms with van der Waals surface area (Å²) in [7, 11) is 0.